The van der Waals surface area contributed by atoms with Gasteiger partial charge in [0.25, 0.3) is 0 Å². The molecule has 1 aromatic carbocycles. The summed E-state index contributed by atoms with van der Waals surface area (Å²) < 4.78 is 43.2. The van der Waals surface area contributed by atoms with Crippen LogP contribution in [-0.2, 0) is 12.8 Å². The molecule has 0 aliphatic heterocycles. The number of benzene rings is 1. The largest absolute Gasteiger partial charge is 0.443 e. The first-order valence-electron chi connectivity index (χ1n) is 4.74. The maximum atomic E-state index is 12.8. The summed E-state index contributed by atoms with van der Waals surface area (Å²) >= 11 is 0. The van der Waals surface area contributed by atoms with Gasteiger partial charge in [-0.2, -0.15) is 13.2 Å². The minimum atomic E-state index is -4.48. The molecule has 0 saturated carbocycles. The Morgan fingerprint density at radius 1 is 1.24 bits per heavy atom. The van der Waals surface area contributed by atoms with Crippen molar-refractivity contribution in [3.63, 3.8) is 0 Å². The van der Waals surface area contributed by atoms with E-state index in [0.717, 1.165) is 12.5 Å². The standard InChI is InChI=1S/C11H8F3NO2/c12-11(13,14)8-4-2-1-3-7(8)10-9(5-16)15-6-17-10/h1-4,6,16H,5H2. The molecule has 2 rings (SSSR count). The first-order valence-corrected chi connectivity index (χ1v) is 4.74. The Balaban J connectivity index is 2.60. The van der Waals surface area contributed by atoms with Crippen molar-refractivity contribution >= 4 is 0 Å². The Hall–Kier alpha value is -1.82. The van der Waals surface area contributed by atoms with Crippen molar-refractivity contribution in [3.05, 3.63) is 41.9 Å². The lowest BCUT2D eigenvalue weighted by Crippen LogP contribution is -2.07. The van der Waals surface area contributed by atoms with E-state index in [1.807, 2.05) is 0 Å². The molecule has 90 valence electrons. The molecule has 3 nitrogen and oxygen atoms in total. The van der Waals surface area contributed by atoms with Crippen molar-refractivity contribution in [2.24, 2.45) is 0 Å². The number of hydrogen-bond acceptors (Lipinski definition) is 3. The molecule has 0 radical (unpaired) electrons. The van der Waals surface area contributed by atoms with Gasteiger partial charge in [-0.15, -0.1) is 0 Å². The van der Waals surface area contributed by atoms with Crippen molar-refractivity contribution in [1.29, 1.82) is 0 Å². The van der Waals surface area contributed by atoms with E-state index in [9.17, 15) is 13.2 Å². The summed E-state index contributed by atoms with van der Waals surface area (Å²) in [6.45, 7) is -0.474. The van der Waals surface area contributed by atoms with Crippen molar-refractivity contribution in [2.75, 3.05) is 0 Å². The second-order valence-corrected chi connectivity index (χ2v) is 3.33. The molecule has 0 atom stereocenters. The smallest absolute Gasteiger partial charge is 0.417 e. The molecule has 6 heteroatoms. The van der Waals surface area contributed by atoms with E-state index < -0.39 is 18.3 Å². The third-order valence-electron chi connectivity index (χ3n) is 2.27. The van der Waals surface area contributed by atoms with Gasteiger partial charge in [-0.1, -0.05) is 18.2 Å². The average molecular weight is 243 g/mol. The van der Waals surface area contributed by atoms with Crippen molar-refractivity contribution < 1.29 is 22.7 Å². The van der Waals surface area contributed by atoms with Gasteiger partial charge in [-0.05, 0) is 6.07 Å². The number of aliphatic hydroxyl groups excluding tert-OH is 1. The Morgan fingerprint density at radius 3 is 2.59 bits per heavy atom. The second-order valence-electron chi connectivity index (χ2n) is 3.33. The Kier molecular flexibility index (Phi) is 2.89. The van der Waals surface area contributed by atoms with Gasteiger partial charge in [-0.25, -0.2) is 4.98 Å². The highest BCUT2D eigenvalue weighted by atomic mass is 19.4. The molecule has 2 aromatic rings. The SMILES string of the molecule is OCc1ncoc1-c1ccccc1C(F)(F)F. The minimum absolute atomic E-state index is 0.0552. The summed E-state index contributed by atoms with van der Waals surface area (Å²) in [5, 5.41) is 8.96. The van der Waals surface area contributed by atoms with E-state index in [2.05, 4.69) is 4.98 Å². The molecule has 0 aliphatic rings. The molecule has 0 spiro atoms. The molecular formula is C11H8F3NO2. The topological polar surface area (TPSA) is 46.3 Å². The number of oxazole rings is 1. The predicted octanol–water partition coefficient (Wildman–Crippen LogP) is 2.85. The third kappa shape index (κ3) is 2.16. The lowest BCUT2D eigenvalue weighted by Gasteiger charge is -2.11. The lowest BCUT2D eigenvalue weighted by atomic mass is 10.0. The van der Waals surface area contributed by atoms with Crippen LogP contribution in [0, 0.1) is 0 Å². The molecule has 0 saturated heterocycles. The number of nitrogens with zero attached hydrogens (tertiary/aromatic N) is 1. The van der Waals surface area contributed by atoms with E-state index in [1.54, 1.807) is 0 Å². The predicted molar refractivity (Wildman–Crippen MR) is 52.9 cm³/mol. The number of aliphatic hydroxyl groups is 1. The van der Waals surface area contributed by atoms with Crippen molar-refractivity contribution in [1.82, 2.24) is 4.98 Å². The normalized spacial score (nSPS) is 11.8. The molecule has 0 unspecified atom stereocenters. The highest BCUT2D eigenvalue weighted by molar-refractivity contribution is 5.64. The fourth-order valence-corrected chi connectivity index (χ4v) is 1.53. The van der Waals surface area contributed by atoms with Gasteiger partial charge >= 0.3 is 6.18 Å². The van der Waals surface area contributed by atoms with Crippen LogP contribution in [0.25, 0.3) is 11.3 Å². The zero-order chi connectivity index (χ0) is 12.5. The van der Waals surface area contributed by atoms with Crippen LogP contribution in [0.1, 0.15) is 11.3 Å². The number of hydrogen-bond donors (Lipinski definition) is 1. The number of halogens is 3. The van der Waals surface area contributed by atoms with E-state index in [-0.39, 0.29) is 17.0 Å². The highest BCUT2D eigenvalue weighted by Crippen LogP contribution is 2.37. The monoisotopic (exact) mass is 243 g/mol. The Labute approximate surface area is 94.5 Å². The van der Waals surface area contributed by atoms with Crippen molar-refractivity contribution in [3.8, 4) is 11.3 Å². The summed E-state index contributed by atoms with van der Waals surface area (Å²) in [7, 11) is 0. The lowest BCUT2D eigenvalue weighted by molar-refractivity contribution is -0.137. The first kappa shape index (κ1) is 11.7. The maximum Gasteiger partial charge on any atom is 0.417 e. The molecule has 17 heavy (non-hydrogen) atoms. The van der Waals surface area contributed by atoms with Crippen LogP contribution < -0.4 is 0 Å². The molecule has 1 aromatic heterocycles. The summed E-state index contributed by atoms with van der Waals surface area (Å²) in [6.07, 6.45) is -3.47. The highest BCUT2D eigenvalue weighted by Gasteiger charge is 2.34. The van der Waals surface area contributed by atoms with Crippen LogP contribution in [-0.4, -0.2) is 10.1 Å². The average Bonchev–Trinajstić information content (AvgIpc) is 2.75. The van der Waals surface area contributed by atoms with Gasteiger partial charge in [0.2, 0.25) is 0 Å². The maximum absolute atomic E-state index is 12.8. The zero-order valence-electron chi connectivity index (χ0n) is 8.53. The van der Waals surface area contributed by atoms with Gasteiger partial charge in [0.05, 0.1) is 12.2 Å². The second kappa shape index (κ2) is 4.21. The van der Waals surface area contributed by atoms with Crippen LogP contribution in [0.15, 0.2) is 35.1 Å². The molecule has 0 fully saturated rings. The third-order valence-corrected chi connectivity index (χ3v) is 2.27. The van der Waals surface area contributed by atoms with Gasteiger partial charge in [0, 0.05) is 5.56 Å². The molecule has 1 heterocycles. The Bertz CT molecular complexity index is 519. The van der Waals surface area contributed by atoms with Crippen LogP contribution in [0.4, 0.5) is 13.2 Å². The summed E-state index contributed by atoms with van der Waals surface area (Å²) in [5.41, 5.74) is -0.852. The summed E-state index contributed by atoms with van der Waals surface area (Å²) in [5.74, 6) is -0.0552. The van der Waals surface area contributed by atoms with E-state index >= 15 is 0 Å². The molecule has 1 N–H and O–H groups in total. The molecule has 0 aliphatic carbocycles. The number of aromatic nitrogens is 1. The number of rotatable bonds is 2. The molecule has 0 amide bonds. The summed E-state index contributed by atoms with van der Waals surface area (Å²) in [4.78, 5) is 3.65. The quantitative estimate of drug-likeness (QED) is 0.882. The van der Waals surface area contributed by atoms with E-state index in [1.165, 1.54) is 18.2 Å². The summed E-state index contributed by atoms with van der Waals surface area (Å²) in [6, 6.07) is 5.00. The van der Waals surface area contributed by atoms with Crippen LogP contribution in [0.2, 0.25) is 0 Å². The van der Waals surface area contributed by atoms with Crippen LogP contribution >= 0.6 is 0 Å². The Morgan fingerprint density at radius 2 is 1.94 bits per heavy atom. The van der Waals surface area contributed by atoms with Gasteiger partial charge in [-0.3, -0.25) is 0 Å². The van der Waals surface area contributed by atoms with E-state index in [4.69, 9.17) is 9.52 Å². The molecule has 0 bridgehead atoms. The zero-order valence-corrected chi connectivity index (χ0v) is 8.53. The van der Waals surface area contributed by atoms with Gasteiger partial charge in [0.1, 0.15) is 5.69 Å². The first-order chi connectivity index (χ1) is 8.04. The fraction of sp³-hybridized carbons (Fsp3) is 0.182. The van der Waals surface area contributed by atoms with Gasteiger partial charge in [0.15, 0.2) is 12.2 Å². The van der Waals surface area contributed by atoms with Gasteiger partial charge < -0.3 is 9.52 Å². The molecular weight excluding hydrogens is 235 g/mol. The van der Waals surface area contributed by atoms with Crippen LogP contribution in [0.5, 0.6) is 0 Å². The fourth-order valence-electron chi connectivity index (χ4n) is 1.53. The number of alkyl halides is 3. The van der Waals surface area contributed by atoms with Crippen LogP contribution in [0.3, 0.4) is 0 Å². The van der Waals surface area contributed by atoms with Crippen molar-refractivity contribution in [2.45, 2.75) is 12.8 Å². The van der Waals surface area contributed by atoms with E-state index in [0.29, 0.717) is 0 Å². The minimum Gasteiger partial charge on any atom is -0.443 e.